The molecule has 1 N–H and O–H groups in total. The van der Waals surface area contributed by atoms with Gasteiger partial charge in [0.1, 0.15) is 5.75 Å². The van der Waals surface area contributed by atoms with E-state index >= 15 is 0 Å². The number of rotatable bonds is 6. The topological polar surface area (TPSA) is 79.0 Å². The summed E-state index contributed by atoms with van der Waals surface area (Å²) in [6.07, 6.45) is 0.162. The van der Waals surface area contributed by atoms with Crippen molar-refractivity contribution in [3.8, 4) is 5.75 Å². The molecule has 2 amide bonds. The summed E-state index contributed by atoms with van der Waals surface area (Å²) in [5.41, 5.74) is 2.74. The van der Waals surface area contributed by atoms with Gasteiger partial charge in [-0.3, -0.25) is 14.4 Å². The molecule has 3 rings (SSSR count). The predicted molar refractivity (Wildman–Crippen MR) is 108 cm³/mol. The molecule has 146 valence electrons. The minimum atomic E-state index is -0.223. The van der Waals surface area contributed by atoms with Gasteiger partial charge in [0, 0.05) is 50.9 Å². The summed E-state index contributed by atoms with van der Waals surface area (Å²) in [6, 6.07) is 12.4. The van der Waals surface area contributed by atoms with Crippen molar-refractivity contribution in [2.75, 3.05) is 42.9 Å². The number of ether oxygens (including phenoxy) is 1. The molecule has 7 heteroatoms. The Morgan fingerprint density at radius 2 is 1.82 bits per heavy atom. The lowest BCUT2D eigenvalue weighted by Gasteiger charge is -2.26. The Morgan fingerprint density at radius 3 is 2.50 bits per heavy atom. The average molecular weight is 381 g/mol. The van der Waals surface area contributed by atoms with Crippen LogP contribution in [0.3, 0.4) is 0 Å². The molecule has 0 fully saturated rings. The quantitative estimate of drug-likeness (QED) is 0.779. The van der Waals surface area contributed by atoms with Crippen molar-refractivity contribution < 1.29 is 19.1 Å². The molecular formula is C21H23N3O4. The van der Waals surface area contributed by atoms with Crippen LogP contribution in [0.5, 0.6) is 5.75 Å². The Balaban J connectivity index is 1.58. The maximum Gasteiger partial charge on any atom is 0.264 e. The van der Waals surface area contributed by atoms with Crippen molar-refractivity contribution >= 4 is 34.7 Å². The van der Waals surface area contributed by atoms with Gasteiger partial charge in [0.15, 0.2) is 12.4 Å². The first-order chi connectivity index (χ1) is 13.3. The van der Waals surface area contributed by atoms with Crippen molar-refractivity contribution in [2.45, 2.75) is 12.8 Å². The van der Waals surface area contributed by atoms with E-state index in [4.69, 9.17) is 4.74 Å². The lowest BCUT2D eigenvalue weighted by Crippen LogP contribution is -2.35. The van der Waals surface area contributed by atoms with E-state index in [-0.39, 0.29) is 37.0 Å². The fourth-order valence-electron chi connectivity index (χ4n) is 2.88. The highest BCUT2D eigenvalue weighted by atomic mass is 16.5. The summed E-state index contributed by atoms with van der Waals surface area (Å²) < 4.78 is 5.36. The van der Waals surface area contributed by atoms with Crippen LogP contribution in [0.1, 0.15) is 23.2 Å². The van der Waals surface area contributed by atoms with Gasteiger partial charge in [-0.05, 0) is 42.5 Å². The number of Topliss-reactive ketones (excluding diaryl/α,β-unsaturated/α-hetero) is 1. The summed E-state index contributed by atoms with van der Waals surface area (Å²) >= 11 is 0. The number of nitrogens with one attached hydrogen (secondary N) is 1. The highest BCUT2D eigenvalue weighted by Crippen LogP contribution is 2.32. The molecular weight excluding hydrogens is 358 g/mol. The zero-order chi connectivity index (χ0) is 20.3. The van der Waals surface area contributed by atoms with Crippen molar-refractivity contribution in [1.82, 2.24) is 0 Å². The molecule has 0 spiro atoms. The van der Waals surface area contributed by atoms with E-state index in [0.717, 1.165) is 5.69 Å². The molecule has 2 aromatic rings. The maximum atomic E-state index is 12.5. The predicted octanol–water partition coefficient (Wildman–Crippen LogP) is 2.71. The molecule has 1 heterocycles. The molecule has 1 aliphatic heterocycles. The van der Waals surface area contributed by atoms with Gasteiger partial charge in [-0.2, -0.15) is 0 Å². The van der Waals surface area contributed by atoms with E-state index in [1.165, 1.54) is 4.90 Å². The van der Waals surface area contributed by atoms with E-state index in [1.54, 1.807) is 25.2 Å². The number of likely N-dealkylation sites (N-methyl/N-ethyl adjacent to an activating group) is 1. The van der Waals surface area contributed by atoms with Crippen LogP contribution in [0.4, 0.5) is 17.1 Å². The number of anilines is 3. The normalized spacial score (nSPS) is 12.8. The molecule has 0 atom stereocenters. The van der Waals surface area contributed by atoms with E-state index in [2.05, 4.69) is 5.32 Å². The third kappa shape index (κ3) is 4.31. The number of ketones is 1. The third-order valence-electron chi connectivity index (χ3n) is 4.61. The van der Waals surface area contributed by atoms with Crippen molar-refractivity contribution in [3.63, 3.8) is 0 Å². The van der Waals surface area contributed by atoms with Crippen LogP contribution in [0.25, 0.3) is 0 Å². The first kappa shape index (κ1) is 19.4. The van der Waals surface area contributed by atoms with Gasteiger partial charge < -0.3 is 19.9 Å². The van der Waals surface area contributed by atoms with Gasteiger partial charge in [0.05, 0.1) is 5.69 Å². The van der Waals surface area contributed by atoms with Gasteiger partial charge in [-0.25, -0.2) is 0 Å². The Kier molecular flexibility index (Phi) is 5.63. The van der Waals surface area contributed by atoms with E-state index in [1.807, 2.05) is 43.3 Å². The van der Waals surface area contributed by atoms with Crippen LogP contribution >= 0.6 is 0 Å². The second-order valence-electron chi connectivity index (χ2n) is 6.84. The SMILES string of the molecule is CN(C)c1ccc(NC(=O)CCC(=O)c2ccc3c(c2)N(C)C(=O)CO3)cc1. The van der Waals surface area contributed by atoms with Gasteiger partial charge in [0.25, 0.3) is 5.91 Å². The number of hydrogen-bond acceptors (Lipinski definition) is 5. The zero-order valence-corrected chi connectivity index (χ0v) is 16.2. The number of nitrogens with zero attached hydrogens (tertiary/aromatic N) is 2. The molecule has 0 aliphatic carbocycles. The van der Waals surface area contributed by atoms with Gasteiger partial charge >= 0.3 is 0 Å². The van der Waals surface area contributed by atoms with Gasteiger partial charge in [-0.15, -0.1) is 0 Å². The Hall–Kier alpha value is -3.35. The molecule has 28 heavy (non-hydrogen) atoms. The number of fused-ring (bicyclic) bond motifs is 1. The summed E-state index contributed by atoms with van der Waals surface area (Å²) in [6.45, 7) is -0.00745. The first-order valence-electron chi connectivity index (χ1n) is 8.99. The third-order valence-corrected chi connectivity index (χ3v) is 4.61. The van der Waals surface area contributed by atoms with Crippen molar-refractivity contribution in [3.05, 3.63) is 48.0 Å². The molecule has 7 nitrogen and oxygen atoms in total. The molecule has 0 aromatic heterocycles. The number of carbonyl (C=O) groups is 3. The van der Waals surface area contributed by atoms with Crippen LogP contribution in [0, 0.1) is 0 Å². The summed E-state index contributed by atoms with van der Waals surface area (Å²) in [5.74, 6) is 0.0150. The monoisotopic (exact) mass is 381 g/mol. The number of hydrogen-bond donors (Lipinski definition) is 1. The van der Waals surface area contributed by atoms with Crippen LogP contribution < -0.4 is 19.9 Å². The Bertz CT molecular complexity index is 906. The number of carbonyl (C=O) groups excluding carboxylic acids is 3. The highest BCUT2D eigenvalue weighted by molar-refractivity contribution is 6.03. The van der Waals surface area contributed by atoms with E-state index < -0.39 is 0 Å². The van der Waals surface area contributed by atoms with Gasteiger partial charge in [-0.1, -0.05) is 0 Å². The smallest absolute Gasteiger partial charge is 0.264 e. The van der Waals surface area contributed by atoms with Crippen LogP contribution in [-0.4, -0.2) is 45.3 Å². The minimum Gasteiger partial charge on any atom is -0.482 e. The Morgan fingerprint density at radius 1 is 1.11 bits per heavy atom. The van der Waals surface area contributed by atoms with Gasteiger partial charge in [0.2, 0.25) is 5.91 Å². The molecule has 0 saturated heterocycles. The molecule has 1 aliphatic rings. The molecule has 0 saturated carbocycles. The zero-order valence-electron chi connectivity index (χ0n) is 16.2. The first-order valence-corrected chi connectivity index (χ1v) is 8.99. The molecule has 0 radical (unpaired) electrons. The number of benzene rings is 2. The lowest BCUT2D eigenvalue weighted by atomic mass is 10.0. The van der Waals surface area contributed by atoms with Crippen molar-refractivity contribution in [2.24, 2.45) is 0 Å². The number of amides is 2. The minimum absolute atomic E-state index is 0.00745. The summed E-state index contributed by atoms with van der Waals surface area (Å²) in [4.78, 5) is 39.8. The molecule has 0 unspecified atom stereocenters. The highest BCUT2D eigenvalue weighted by Gasteiger charge is 2.23. The van der Waals surface area contributed by atoms with Crippen molar-refractivity contribution in [1.29, 1.82) is 0 Å². The average Bonchev–Trinajstić information content (AvgIpc) is 2.69. The van der Waals surface area contributed by atoms with Crippen LogP contribution in [0.15, 0.2) is 42.5 Å². The van der Waals surface area contributed by atoms with Crippen LogP contribution in [-0.2, 0) is 9.59 Å². The fraction of sp³-hybridized carbons (Fsp3) is 0.286. The second kappa shape index (κ2) is 8.12. The standard InChI is InChI=1S/C21H23N3O4/c1-23(2)16-7-5-15(6-8-16)22-20(26)11-9-18(25)14-4-10-19-17(12-14)24(3)21(27)13-28-19/h4-8,10,12H,9,11,13H2,1-3H3,(H,22,26). The largest absolute Gasteiger partial charge is 0.482 e. The van der Waals surface area contributed by atoms with E-state index in [0.29, 0.717) is 22.7 Å². The van der Waals surface area contributed by atoms with E-state index in [9.17, 15) is 14.4 Å². The molecule has 2 aromatic carbocycles. The molecule has 0 bridgehead atoms. The fourth-order valence-corrected chi connectivity index (χ4v) is 2.88. The van der Waals surface area contributed by atoms with Crippen LogP contribution in [0.2, 0.25) is 0 Å². The maximum absolute atomic E-state index is 12.5. The lowest BCUT2D eigenvalue weighted by molar-refractivity contribution is -0.121. The summed E-state index contributed by atoms with van der Waals surface area (Å²) in [7, 11) is 5.53. The summed E-state index contributed by atoms with van der Waals surface area (Å²) in [5, 5.41) is 2.80. The second-order valence-corrected chi connectivity index (χ2v) is 6.84. The Labute approximate surface area is 163 Å².